The lowest BCUT2D eigenvalue weighted by Gasteiger charge is -2.23. The van der Waals surface area contributed by atoms with Crippen molar-refractivity contribution in [2.75, 3.05) is 0 Å². The average Bonchev–Trinajstić information content (AvgIpc) is 3.18. The number of rotatable bonds is 2. The van der Waals surface area contributed by atoms with E-state index in [1.54, 1.807) is 29.3 Å². The molecule has 7 heteroatoms. The van der Waals surface area contributed by atoms with Crippen molar-refractivity contribution in [1.29, 1.82) is 0 Å². The number of fused-ring (bicyclic) bond motifs is 1. The van der Waals surface area contributed by atoms with Crippen LogP contribution in [0.2, 0.25) is 5.02 Å². The van der Waals surface area contributed by atoms with E-state index in [9.17, 15) is 4.79 Å². The van der Waals surface area contributed by atoms with Gasteiger partial charge in [0, 0.05) is 22.3 Å². The summed E-state index contributed by atoms with van der Waals surface area (Å²) in [4.78, 5) is 17.2. The fourth-order valence-corrected chi connectivity index (χ4v) is 3.10. The van der Waals surface area contributed by atoms with Gasteiger partial charge in [-0.15, -0.1) is 0 Å². The number of nitrogens with one attached hydrogen (secondary N) is 3. The van der Waals surface area contributed by atoms with Crippen molar-refractivity contribution in [3.05, 3.63) is 70.7 Å². The van der Waals surface area contributed by atoms with Gasteiger partial charge in [0.2, 0.25) is 5.96 Å². The molecular formula is C18H18ClN5O. The summed E-state index contributed by atoms with van der Waals surface area (Å²) in [5, 5.41) is 8.65. The van der Waals surface area contributed by atoms with Crippen LogP contribution < -0.4 is 16.1 Å². The molecule has 6 nitrogen and oxygen atoms in total. The van der Waals surface area contributed by atoms with Crippen LogP contribution >= 0.6 is 11.6 Å². The molecule has 0 spiro atoms. The van der Waals surface area contributed by atoms with E-state index in [0.717, 1.165) is 12.1 Å². The van der Waals surface area contributed by atoms with Crippen LogP contribution in [0.1, 0.15) is 23.7 Å². The highest BCUT2D eigenvalue weighted by Gasteiger charge is 2.32. The van der Waals surface area contributed by atoms with E-state index >= 15 is 0 Å². The van der Waals surface area contributed by atoms with Crippen LogP contribution in [-0.2, 0) is 0 Å². The molecule has 128 valence electrons. The molecule has 1 aliphatic carbocycles. The number of aliphatic imine (C=N–C) groups is 1. The first-order valence-corrected chi connectivity index (χ1v) is 8.54. The van der Waals surface area contributed by atoms with Gasteiger partial charge in [-0.1, -0.05) is 23.8 Å². The largest absolute Gasteiger partial charge is 0.326 e. The number of allylic oxidation sites excluding steroid dienone is 2. The van der Waals surface area contributed by atoms with Crippen LogP contribution in [-0.4, -0.2) is 29.0 Å². The summed E-state index contributed by atoms with van der Waals surface area (Å²) >= 11 is 5.88. The molecule has 0 bridgehead atoms. The second-order valence-corrected chi connectivity index (χ2v) is 6.58. The lowest BCUT2D eigenvalue weighted by atomic mass is 10.1. The van der Waals surface area contributed by atoms with Crippen LogP contribution in [0.3, 0.4) is 0 Å². The third-order valence-corrected chi connectivity index (χ3v) is 4.46. The number of nitrogens with zero attached hydrogens (tertiary/aromatic N) is 2. The molecule has 1 amide bonds. The predicted molar refractivity (Wildman–Crippen MR) is 97.6 cm³/mol. The van der Waals surface area contributed by atoms with E-state index in [-0.39, 0.29) is 18.0 Å². The number of hydrogen-bond acceptors (Lipinski definition) is 5. The fourth-order valence-electron chi connectivity index (χ4n) is 2.97. The van der Waals surface area contributed by atoms with Crippen LogP contribution in [0, 0.1) is 0 Å². The summed E-state index contributed by atoms with van der Waals surface area (Å²) in [5.41, 5.74) is 4.90. The van der Waals surface area contributed by atoms with Gasteiger partial charge in [0.1, 0.15) is 5.82 Å². The minimum absolute atomic E-state index is 0.0831. The van der Waals surface area contributed by atoms with Crippen LogP contribution in [0.25, 0.3) is 0 Å². The van der Waals surface area contributed by atoms with Crippen molar-refractivity contribution >= 4 is 23.5 Å². The summed E-state index contributed by atoms with van der Waals surface area (Å²) in [6, 6.07) is 7.00. The summed E-state index contributed by atoms with van der Waals surface area (Å²) in [6.07, 6.45) is 8.98. The Bertz CT molecular complexity index is 824. The third-order valence-electron chi connectivity index (χ3n) is 4.21. The first kappa shape index (κ1) is 15.9. The first-order valence-electron chi connectivity index (χ1n) is 8.17. The minimum Gasteiger partial charge on any atom is -0.326 e. The topological polar surface area (TPSA) is 68.8 Å². The lowest BCUT2D eigenvalue weighted by molar-refractivity contribution is 0.0956. The molecular weight excluding hydrogens is 338 g/mol. The summed E-state index contributed by atoms with van der Waals surface area (Å²) in [6.45, 7) is 2.01. The fraction of sp³-hybridized carbons (Fsp3) is 0.222. The number of hydrazine groups is 1. The minimum atomic E-state index is -0.194. The molecule has 0 saturated heterocycles. The molecule has 4 rings (SSSR count). The molecule has 25 heavy (non-hydrogen) atoms. The third kappa shape index (κ3) is 3.18. The number of carbonyl (C=O) groups excluding carboxylic acids is 1. The Labute approximate surface area is 150 Å². The molecule has 3 N–H and O–H groups in total. The van der Waals surface area contributed by atoms with Crippen molar-refractivity contribution in [3.63, 3.8) is 0 Å². The van der Waals surface area contributed by atoms with Gasteiger partial charge in [0.05, 0.1) is 6.04 Å². The van der Waals surface area contributed by atoms with Crippen LogP contribution in [0.5, 0.6) is 0 Å². The smallest absolute Gasteiger partial charge is 0.256 e. The maximum Gasteiger partial charge on any atom is 0.256 e. The average molecular weight is 356 g/mol. The van der Waals surface area contributed by atoms with Crippen molar-refractivity contribution in [1.82, 2.24) is 21.1 Å². The van der Waals surface area contributed by atoms with Crippen LogP contribution in [0.4, 0.5) is 0 Å². The summed E-state index contributed by atoms with van der Waals surface area (Å²) < 4.78 is 0. The van der Waals surface area contributed by atoms with Gasteiger partial charge < -0.3 is 10.6 Å². The molecule has 0 fully saturated rings. The SMILES string of the molecule is CC1C=C(NC(=O)c2ccc(Cl)cc2)N(C2=NC3CC=CC=C3N2)N1. The Balaban J connectivity index is 1.51. The summed E-state index contributed by atoms with van der Waals surface area (Å²) in [5.74, 6) is 1.15. The first-order chi connectivity index (χ1) is 12.1. The van der Waals surface area contributed by atoms with Gasteiger partial charge in [-0.25, -0.2) is 15.4 Å². The van der Waals surface area contributed by atoms with E-state index < -0.39 is 0 Å². The van der Waals surface area contributed by atoms with E-state index in [2.05, 4.69) is 22.1 Å². The normalized spacial score (nSPS) is 24.2. The lowest BCUT2D eigenvalue weighted by Crippen LogP contribution is -2.48. The Kier molecular flexibility index (Phi) is 4.07. The Morgan fingerprint density at radius 2 is 2.16 bits per heavy atom. The van der Waals surface area contributed by atoms with Gasteiger partial charge in [-0.2, -0.15) is 0 Å². The monoisotopic (exact) mass is 355 g/mol. The molecule has 1 aromatic carbocycles. The quantitative estimate of drug-likeness (QED) is 0.761. The van der Waals surface area contributed by atoms with Crippen LogP contribution in [0.15, 0.2) is 65.1 Å². The van der Waals surface area contributed by atoms with Crippen molar-refractivity contribution in [2.24, 2.45) is 4.99 Å². The van der Waals surface area contributed by atoms with Gasteiger partial charge in [-0.05, 0) is 49.8 Å². The Morgan fingerprint density at radius 1 is 1.36 bits per heavy atom. The van der Waals surface area contributed by atoms with E-state index in [4.69, 9.17) is 16.6 Å². The molecule has 2 aliphatic heterocycles. The van der Waals surface area contributed by atoms with Crippen molar-refractivity contribution in [2.45, 2.75) is 25.4 Å². The second-order valence-electron chi connectivity index (χ2n) is 6.15. The number of benzene rings is 1. The Hall–Kier alpha value is -2.57. The summed E-state index contributed by atoms with van der Waals surface area (Å²) in [7, 11) is 0. The molecule has 3 aliphatic rings. The van der Waals surface area contributed by atoms with E-state index in [1.807, 2.05) is 25.2 Å². The van der Waals surface area contributed by atoms with Crippen molar-refractivity contribution < 1.29 is 4.79 Å². The molecule has 0 saturated carbocycles. The predicted octanol–water partition coefficient (Wildman–Crippen LogP) is 2.29. The zero-order valence-corrected chi connectivity index (χ0v) is 14.4. The zero-order valence-electron chi connectivity index (χ0n) is 13.7. The number of hydrogen-bond donors (Lipinski definition) is 3. The highest BCUT2D eigenvalue weighted by molar-refractivity contribution is 6.30. The highest BCUT2D eigenvalue weighted by Crippen LogP contribution is 2.22. The maximum absolute atomic E-state index is 12.5. The number of carbonyl (C=O) groups is 1. The molecule has 0 radical (unpaired) electrons. The molecule has 2 unspecified atom stereocenters. The zero-order chi connectivity index (χ0) is 17.4. The second kappa shape index (κ2) is 6.38. The maximum atomic E-state index is 12.5. The number of amides is 1. The molecule has 1 aromatic rings. The Morgan fingerprint density at radius 3 is 2.92 bits per heavy atom. The number of halogens is 1. The highest BCUT2D eigenvalue weighted by atomic mass is 35.5. The molecule has 0 aromatic heterocycles. The van der Waals surface area contributed by atoms with Gasteiger partial charge in [0.15, 0.2) is 0 Å². The number of guanidine groups is 1. The van der Waals surface area contributed by atoms with E-state index in [1.165, 1.54) is 0 Å². The van der Waals surface area contributed by atoms with Gasteiger partial charge in [0.25, 0.3) is 5.91 Å². The van der Waals surface area contributed by atoms with Gasteiger partial charge >= 0.3 is 0 Å². The van der Waals surface area contributed by atoms with Gasteiger partial charge in [-0.3, -0.25) is 4.79 Å². The van der Waals surface area contributed by atoms with E-state index in [0.29, 0.717) is 22.4 Å². The molecule has 2 atom stereocenters. The van der Waals surface area contributed by atoms with Crippen molar-refractivity contribution in [3.8, 4) is 0 Å². The standard InChI is InChI=1S/C18H18ClN5O/c1-11-10-16(22-17(25)12-6-8-13(19)9-7-12)24(23-11)18-20-14-4-2-3-5-15(14)21-18/h2-4,6-11,15,23H,5H2,1H3,(H,20,21)(H,22,25). The molecule has 2 heterocycles.